The van der Waals surface area contributed by atoms with E-state index in [-0.39, 0.29) is 12.1 Å². The Labute approximate surface area is 197 Å². The summed E-state index contributed by atoms with van der Waals surface area (Å²) in [5, 5.41) is 17.5. The average Bonchev–Trinajstić information content (AvgIpc) is 3.41. The zero-order chi connectivity index (χ0) is 22.6. The molecule has 9 nitrogen and oxygen atoms in total. The second-order valence-corrected chi connectivity index (χ2v) is 9.89. The van der Waals surface area contributed by atoms with Gasteiger partial charge in [0, 0.05) is 38.0 Å². The minimum atomic E-state index is -0.187. The standard InChI is InChI=1S/C23H31N7O2S/c1-32-14-17-4-3-11-30(17)13-16-12-20(29-23-27-19-5-2-10-24-21(19)33-23)28-22(26-16)25-15-6-8-18(31)9-7-15/h2,5,10,12,15,17-18,31H,3-4,6-9,11,13-14H2,1H3,(H2,25,26,27,28,29). The van der Waals surface area contributed by atoms with Gasteiger partial charge in [-0.3, -0.25) is 4.90 Å². The summed E-state index contributed by atoms with van der Waals surface area (Å²) in [6.45, 7) is 2.54. The average molecular weight is 470 g/mol. The van der Waals surface area contributed by atoms with E-state index >= 15 is 0 Å². The molecule has 10 heteroatoms. The number of nitrogens with one attached hydrogen (secondary N) is 2. The number of thiazole rings is 1. The first-order chi connectivity index (χ1) is 16.2. The van der Waals surface area contributed by atoms with Crippen LogP contribution in [0.1, 0.15) is 44.2 Å². The number of fused-ring (bicyclic) bond motifs is 1. The lowest BCUT2D eigenvalue weighted by molar-refractivity contribution is 0.111. The minimum Gasteiger partial charge on any atom is -0.393 e. The fraction of sp³-hybridized carbons (Fsp3) is 0.565. The highest BCUT2D eigenvalue weighted by atomic mass is 32.1. The van der Waals surface area contributed by atoms with Gasteiger partial charge in [-0.2, -0.15) is 4.98 Å². The monoisotopic (exact) mass is 469 g/mol. The molecule has 5 rings (SSSR count). The Morgan fingerprint density at radius 2 is 2.06 bits per heavy atom. The fourth-order valence-electron chi connectivity index (χ4n) is 4.74. The number of hydrogen-bond donors (Lipinski definition) is 3. The van der Waals surface area contributed by atoms with Gasteiger partial charge >= 0.3 is 0 Å². The lowest BCUT2D eigenvalue weighted by Gasteiger charge is -2.27. The Morgan fingerprint density at radius 3 is 2.88 bits per heavy atom. The van der Waals surface area contributed by atoms with Gasteiger partial charge in [0.05, 0.1) is 18.4 Å². The van der Waals surface area contributed by atoms with Crippen LogP contribution in [0.5, 0.6) is 0 Å². The van der Waals surface area contributed by atoms with Crippen molar-refractivity contribution < 1.29 is 9.84 Å². The van der Waals surface area contributed by atoms with Crippen molar-refractivity contribution in [3.8, 4) is 0 Å². The van der Waals surface area contributed by atoms with Crippen LogP contribution in [0.4, 0.5) is 16.9 Å². The molecule has 0 radical (unpaired) electrons. The van der Waals surface area contributed by atoms with E-state index in [2.05, 4.69) is 25.5 Å². The number of anilines is 3. The second-order valence-electron chi connectivity index (χ2n) is 8.91. The predicted octanol–water partition coefficient (Wildman–Crippen LogP) is 3.55. The summed E-state index contributed by atoms with van der Waals surface area (Å²) in [6, 6.07) is 6.56. The summed E-state index contributed by atoms with van der Waals surface area (Å²) in [6.07, 6.45) is 7.39. The van der Waals surface area contributed by atoms with Crippen molar-refractivity contribution in [2.45, 2.75) is 63.3 Å². The maximum Gasteiger partial charge on any atom is 0.225 e. The van der Waals surface area contributed by atoms with Crippen LogP contribution in [-0.2, 0) is 11.3 Å². The van der Waals surface area contributed by atoms with Crippen LogP contribution in [0, 0.1) is 0 Å². The van der Waals surface area contributed by atoms with Gasteiger partial charge in [0.2, 0.25) is 5.95 Å². The van der Waals surface area contributed by atoms with Crippen molar-refractivity contribution in [1.82, 2.24) is 24.8 Å². The molecule has 2 aliphatic rings. The van der Waals surface area contributed by atoms with Crippen LogP contribution in [0.25, 0.3) is 10.3 Å². The summed E-state index contributed by atoms with van der Waals surface area (Å²) in [7, 11) is 1.76. The third-order valence-electron chi connectivity index (χ3n) is 6.43. The maximum absolute atomic E-state index is 9.84. The summed E-state index contributed by atoms with van der Waals surface area (Å²) >= 11 is 1.51. The Balaban J connectivity index is 1.38. The topological polar surface area (TPSA) is 108 Å². The molecular formula is C23H31N7O2S. The quantitative estimate of drug-likeness (QED) is 0.456. The first kappa shape index (κ1) is 22.4. The molecule has 1 unspecified atom stereocenters. The number of likely N-dealkylation sites (tertiary alicyclic amines) is 1. The van der Waals surface area contributed by atoms with Crippen molar-refractivity contribution in [1.29, 1.82) is 0 Å². The number of aromatic nitrogens is 4. The zero-order valence-electron chi connectivity index (χ0n) is 18.9. The van der Waals surface area contributed by atoms with E-state index in [1.54, 1.807) is 13.3 Å². The first-order valence-electron chi connectivity index (χ1n) is 11.7. The van der Waals surface area contributed by atoms with E-state index in [9.17, 15) is 5.11 Å². The summed E-state index contributed by atoms with van der Waals surface area (Å²) in [5.74, 6) is 1.35. The van der Waals surface area contributed by atoms with Crippen LogP contribution in [0.15, 0.2) is 24.4 Å². The largest absolute Gasteiger partial charge is 0.393 e. The van der Waals surface area contributed by atoms with Crippen molar-refractivity contribution in [3.05, 3.63) is 30.1 Å². The number of ether oxygens (including phenoxy) is 1. The van der Waals surface area contributed by atoms with Crippen LogP contribution < -0.4 is 10.6 Å². The van der Waals surface area contributed by atoms with Gasteiger partial charge in [-0.05, 0) is 57.2 Å². The van der Waals surface area contributed by atoms with Gasteiger partial charge < -0.3 is 20.5 Å². The molecular weight excluding hydrogens is 438 g/mol. The van der Waals surface area contributed by atoms with Gasteiger partial charge in [-0.15, -0.1) is 0 Å². The maximum atomic E-state index is 9.84. The second kappa shape index (κ2) is 10.3. The van der Waals surface area contributed by atoms with Gasteiger partial charge in [0.15, 0.2) is 5.13 Å². The molecule has 0 spiro atoms. The Morgan fingerprint density at radius 1 is 1.18 bits per heavy atom. The highest BCUT2D eigenvalue weighted by Gasteiger charge is 2.26. The number of hydrogen-bond acceptors (Lipinski definition) is 10. The Bertz CT molecular complexity index is 1040. The number of aliphatic hydroxyl groups excluding tert-OH is 1. The van der Waals surface area contributed by atoms with E-state index in [1.807, 2.05) is 18.2 Å². The number of pyridine rings is 1. The smallest absolute Gasteiger partial charge is 0.225 e. The molecule has 1 saturated heterocycles. The molecule has 3 aromatic heterocycles. The molecule has 1 aliphatic carbocycles. The SMILES string of the molecule is COCC1CCCN1Cc1cc(Nc2nc3cccnc3s2)nc(NC2CCC(O)CC2)n1. The van der Waals surface area contributed by atoms with E-state index in [0.29, 0.717) is 12.0 Å². The van der Waals surface area contributed by atoms with E-state index in [0.717, 1.165) is 78.8 Å². The van der Waals surface area contributed by atoms with E-state index < -0.39 is 0 Å². The normalized spacial score (nSPS) is 23.8. The number of aliphatic hydroxyl groups is 1. The molecule has 0 bridgehead atoms. The van der Waals surface area contributed by atoms with Crippen molar-refractivity contribution in [2.24, 2.45) is 0 Å². The Kier molecular flexibility index (Phi) is 6.96. The number of methoxy groups -OCH3 is 1. The van der Waals surface area contributed by atoms with Crippen LogP contribution in [-0.4, -0.2) is 68.4 Å². The molecule has 4 heterocycles. The molecule has 176 valence electrons. The van der Waals surface area contributed by atoms with Crippen molar-refractivity contribution in [2.75, 3.05) is 30.9 Å². The lowest BCUT2D eigenvalue weighted by Crippen LogP contribution is -2.33. The van der Waals surface area contributed by atoms with E-state index in [1.165, 1.54) is 17.8 Å². The van der Waals surface area contributed by atoms with Gasteiger partial charge in [-0.25, -0.2) is 15.0 Å². The summed E-state index contributed by atoms with van der Waals surface area (Å²) < 4.78 is 5.43. The van der Waals surface area contributed by atoms with Crippen LogP contribution >= 0.6 is 11.3 Å². The minimum absolute atomic E-state index is 0.187. The molecule has 1 saturated carbocycles. The van der Waals surface area contributed by atoms with Crippen LogP contribution in [0.3, 0.4) is 0 Å². The zero-order valence-corrected chi connectivity index (χ0v) is 19.7. The molecule has 0 aromatic carbocycles. The third-order valence-corrected chi connectivity index (χ3v) is 7.33. The van der Waals surface area contributed by atoms with Crippen molar-refractivity contribution >= 4 is 38.6 Å². The van der Waals surface area contributed by atoms with E-state index in [4.69, 9.17) is 14.7 Å². The molecule has 2 fully saturated rings. The highest BCUT2D eigenvalue weighted by molar-refractivity contribution is 7.21. The molecule has 0 amide bonds. The summed E-state index contributed by atoms with van der Waals surface area (Å²) in [4.78, 5) is 22.0. The molecule has 3 N–H and O–H groups in total. The summed E-state index contributed by atoms with van der Waals surface area (Å²) in [5.41, 5.74) is 1.84. The first-order valence-corrected chi connectivity index (χ1v) is 12.5. The molecule has 1 aliphatic heterocycles. The Hall–Kier alpha value is -2.40. The van der Waals surface area contributed by atoms with Crippen molar-refractivity contribution in [3.63, 3.8) is 0 Å². The number of rotatable bonds is 8. The van der Waals surface area contributed by atoms with Gasteiger partial charge in [-0.1, -0.05) is 11.3 Å². The lowest BCUT2D eigenvalue weighted by atomic mass is 9.93. The molecule has 1 atom stereocenters. The predicted molar refractivity (Wildman–Crippen MR) is 130 cm³/mol. The molecule has 33 heavy (non-hydrogen) atoms. The van der Waals surface area contributed by atoms with Crippen LogP contribution in [0.2, 0.25) is 0 Å². The van der Waals surface area contributed by atoms with Gasteiger partial charge in [0.25, 0.3) is 0 Å². The molecule has 3 aromatic rings. The third kappa shape index (κ3) is 5.57. The number of nitrogens with zero attached hydrogens (tertiary/aromatic N) is 5. The van der Waals surface area contributed by atoms with Gasteiger partial charge in [0.1, 0.15) is 16.2 Å². The highest BCUT2D eigenvalue weighted by Crippen LogP contribution is 2.28. The fourth-order valence-corrected chi connectivity index (χ4v) is 5.55.